The molecule has 108 valence electrons. The van der Waals surface area contributed by atoms with E-state index in [4.69, 9.17) is 0 Å². The molecule has 0 spiro atoms. The number of pyridine rings is 1. The predicted molar refractivity (Wildman–Crippen MR) is 87.7 cm³/mol. The molecule has 0 radical (unpaired) electrons. The first-order chi connectivity index (χ1) is 9.90. The molecule has 0 bridgehead atoms. The SMILES string of the molecule is [CH3][Sn]([CH3])([CH3])[c]1ccc2c[n+](O)c3cc(CO)ccc3c2c1. The molecule has 0 aliphatic carbocycles. The Morgan fingerprint density at radius 1 is 1.00 bits per heavy atom. The van der Waals surface area contributed by atoms with Gasteiger partial charge in [-0.1, -0.05) is 0 Å². The number of aromatic nitrogens is 1. The normalized spacial score (nSPS) is 12.2. The summed E-state index contributed by atoms with van der Waals surface area (Å²) in [6.45, 7) is -0.0214. The Morgan fingerprint density at radius 3 is 2.43 bits per heavy atom. The summed E-state index contributed by atoms with van der Waals surface area (Å²) in [5, 5.41) is 22.7. The van der Waals surface area contributed by atoms with Crippen LogP contribution in [0.25, 0.3) is 21.7 Å². The van der Waals surface area contributed by atoms with Crippen LogP contribution in [-0.2, 0) is 6.61 Å². The number of hydrogen-bond acceptors (Lipinski definition) is 2. The van der Waals surface area contributed by atoms with E-state index in [1.165, 1.54) is 8.97 Å². The van der Waals surface area contributed by atoms with Crippen molar-refractivity contribution in [2.75, 3.05) is 0 Å². The summed E-state index contributed by atoms with van der Waals surface area (Å²) < 4.78 is 2.62. The van der Waals surface area contributed by atoms with E-state index in [2.05, 4.69) is 33.0 Å². The van der Waals surface area contributed by atoms with Gasteiger partial charge in [-0.3, -0.25) is 0 Å². The molecule has 1 aromatic heterocycles. The maximum absolute atomic E-state index is 10.2. The van der Waals surface area contributed by atoms with Crippen molar-refractivity contribution in [2.24, 2.45) is 0 Å². The number of rotatable bonds is 2. The third-order valence-electron chi connectivity index (χ3n) is 3.96. The Bertz CT molecular complexity index is 837. The van der Waals surface area contributed by atoms with Gasteiger partial charge in [0.25, 0.3) is 0 Å². The number of hydrogen-bond donors (Lipinski definition) is 2. The van der Waals surface area contributed by atoms with Gasteiger partial charge < -0.3 is 0 Å². The van der Waals surface area contributed by atoms with Crippen LogP contribution in [0, 0.1) is 0 Å². The zero-order valence-corrected chi connectivity index (χ0v) is 15.4. The van der Waals surface area contributed by atoms with E-state index < -0.39 is 18.4 Å². The first-order valence-corrected chi connectivity index (χ1v) is 17.1. The maximum atomic E-state index is 10.2. The zero-order valence-electron chi connectivity index (χ0n) is 12.6. The minimum absolute atomic E-state index is 0.0214. The van der Waals surface area contributed by atoms with Gasteiger partial charge in [-0.25, -0.2) is 0 Å². The first-order valence-electron chi connectivity index (χ1n) is 7.12. The van der Waals surface area contributed by atoms with E-state index in [0.29, 0.717) is 0 Å². The fourth-order valence-electron chi connectivity index (χ4n) is 2.66. The Hall–Kier alpha value is -1.33. The summed E-state index contributed by atoms with van der Waals surface area (Å²) in [5.74, 6) is 0. The average molecular weight is 389 g/mol. The van der Waals surface area contributed by atoms with Crippen LogP contribution in [0.4, 0.5) is 0 Å². The van der Waals surface area contributed by atoms with Crippen molar-refractivity contribution in [3.8, 4) is 0 Å². The Balaban J connectivity index is 2.39. The molecule has 2 N–H and O–H groups in total. The summed E-state index contributed by atoms with van der Waals surface area (Å²) in [4.78, 5) is 7.20. The molecule has 0 atom stereocenters. The molecule has 3 rings (SSSR count). The van der Waals surface area contributed by atoms with Crippen molar-refractivity contribution in [3.05, 3.63) is 48.2 Å². The van der Waals surface area contributed by atoms with E-state index in [0.717, 1.165) is 26.6 Å². The fourth-order valence-corrected chi connectivity index (χ4v) is 5.98. The molecule has 21 heavy (non-hydrogen) atoms. The van der Waals surface area contributed by atoms with Crippen molar-refractivity contribution in [3.63, 3.8) is 0 Å². The summed E-state index contributed by atoms with van der Waals surface area (Å²) >= 11 is -2.13. The van der Waals surface area contributed by atoms with Crippen LogP contribution < -0.4 is 8.31 Å². The zero-order chi connectivity index (χ0) is 15.2. The molecule has 0 aliphatic heterocycles. The third kappa shape index (κ3) is 2.60. The molecule has 1 heterocycles. The third-order valence-corrected chi connectivity index (χ3v) is 9.79. The van der Waals surface area contributed by atoms with Gasteiger partial charge in [-0.15, -0.1) is 0 Å². The van der Waals surface area contributed by atoms with Gasteiger partial charge in [0, 0.05) is 0 Å². The fraction of sp³-hybridized carbons (Fsp3) is 0.235. The second-order valence-corrected chi connectivity index (χ2v) is 21.0. The molecule has 0 saturated heterocycles. The van der Waals surface area contributed by atoms with Gasteiger partial charge in [-0.2, -0.15) is 0 Å². The molecule has 3 aromatic rings. The van der Waals surface area contributed by atoms with Crippen LogP contribution in [0.3, 0.4) is 0 Å². The minimum atomic E-state index is -2.13. The standard InChI is InChI=1S/C14H11NO2.3CH3.Sn/c16-9-10-5-6-13-12-4-2-1-3-11(12)8-15(17)14(13)7-10;;;;/h1,3-8,16-17H,9H2;3*1H3;/q+1;;;;. The molecule has 0 saturated carbocycles. The number of fused-ring (bicyclic) bond motifs is 3. The van der Waals surface area contributed by atoms with Gasteiger partial charge in [-0.05, 0) is 0 Å². The van der Waals surface area contributed by atoms with Crippen molar-refractivity contribution < 1.29 is 15.0 Å². The second kappa shape index (κ2) is 5.14. The summed E-state index contributed by atoms with van der Waals surface area (Å²) in [5.41, 5.74) is 1.53. The van der Waals surface area contributed by atoms with E-state index in [1.807, 2.05) is 18.2 Å². The molecular weight excluding hydrogens is 369 g/mol. The van der Waals surface area contributed by atoms with E-state index >= 15 is 0 Å². The molecule has 0 amide bonds. The Morgan fingerprint density at radius 2 is 1.76 bits per heavy atom. The van der Waals surface area contributed by atoms with Crippen molar-refractivity contribution in [2.45, 2.75) is 21.4 Å². The molecule has 0 unspecified atom stereocenters. The Labute approximate surface area is 128 Å². The summed E-state index contributed by atoms with van der Waals surface area (Å²) in [6, 6.07) is 12.3. The quantitative estimate of drug-likeness (QED) is 0.306. The summed E-state index contributed by atoms with van der Waals surface area (Å²) in [6.07, 6.45) is 1.74. The van der Waals surface area contributed by atoms with Crippen molar-refractivity contribution in [1.82, 2.24) is 0 Å². The van der Waals surface area contributed by atoms with Crippen LogP contribution in [0.15, 0.2) is 42.6 Å². The van der Waals surface area contributed by atoms with Gasteiger partial charge in [0.1, 0.15) is 0 Å². The van der Waals surface area contributed by atoms with E-state index in [1.54, 1.807) is 6.20 Å². The van der Waals surface area contributed by atoms with Gasteiger partial charge in [0.2, 0.25) is 0 Å². The number of benzene rings is 2. The predicted octanol–water partition coefficient (Wildman–Crippen LogP) is 2.56. The number of aliphatic hydroxyl groups is 1. The van der Waals surface area contributed by atoms with Crippen LogP contribution in [-0.4, -0.2) is 28.7 Å². The van der Waals surface area contributed by atoms with Gasteiger partial charge >= 0.3 is 128 Å². The first kappa shape index (κ1) is 14.6. The molecule has 2 aromatic carbocycles. The topological polar surface area (TPSA) is 44.3 Å². The van der Waals surface area contributed by atoms with Crippen LogP contribution in [0.1, 0.15) is 5.56 Å². The van der Waals surface area contributed by atoms with Crippen LogP contribution in [0.2, 0.25) is 14.8 Å². The number of aliphatic hydroxyl groups excluding tert-OH is 1. The molecule has 0 aliphatic rings. The van der Waals surface area contributed by atoms with E-state index in [9.17, 15) is 10.3 Å². The van der Waals surface area contributed by atoms with Gasteiger partial charge in [0.05, 0.1) is 0 Å². The molecular formula is C17H20NO2Sn+. The van der Waals surface area contributed by atoms with Crippen molar-refractivity contribution in [1.29, 1.82) is 0 Å². The monoisotopic (exact) mass is 390 g/mol. The molecule has 3 nitrogen and oxygen atoms in total. The Kier molecular flexibility index (Phi) is 3.57. The molecule has 4 heteroatoms. The van der Waals surface area contributed by atoms with Crippen LogP contribution >= 0.6 is 0 Å². The average Bonchev–Trinajstić information content (AvgIpc) is 2.45. The second-order valence-electron chi connectivity index (χ2n) is 6.54. The van der Waals surface area contributed by atoms with Crippen molar-refractivity contribution >= 4 is 43.6 Å². The van der Waals surface area contributed by atoms with Gasteiger partial charge in [0.15, 0.2) is 0 Å². The summed E-state index contributed by atoms with van der Waals surface area (Å²) in [7, 11) is 0. The van der Waals surface area contributed by atoms with Crippen LogP contribution in [0.5, 0.6) is 0 Å². The van der Waals surface area contributed by atoms with E-state index in [-0.39, 0.29) is 6.61 Å². The number of nitrogens with zero attached hydrogens (tertiary/aromatic N) is 1. The molecule has 0 fully saturated rings.